The molecule has 0 unspecified atom stereocenters. The van der Waals surface area contributed by atoms with Crippen LogP contribution in [-0.2, 0) is 4.79 Å². The summed E-state index contributed by atoms with van der Waals surface area (Å²) in [5, 5.41) is 9.29. The highest BCUT2D eigenvalue weighted by molar-refractivity contribution is 7.22. The number of anilines is 2. The fraction of sp³-hybridized carbons (Fsp3) is 0.115. The standard InChI is InChI=1S/C26H21N3O4S/c1-31-20-7-5-6-19(17-20)29(26-28-21-8-3-4-9-24(21)34-26)25(30)13-11-18-10-12-22(33-15-14-27)23(16-18)32-2/h3-13,16-17H,15H2,1-2H3/b13-11+. The summed E-state index contributed by atoms with van der Waals surface area (Å²) < 4.78 is 17.0. The van der Waals surface area contributed by atoms with Gasteiger partial charge in [0.25, 0.3) is 5.91 Å². The maximum absolute atomic E-state index is 13.4. The molecule has 3 aromatic carbocycles. The van der Waals surface area contributed by atoms with Gasteiger partial charge in [0.15, 0.2) is 23.2 Å². The van der Waals surface area contributed by atoms with Crippen LogP contribution in [0.1, 0.15) is 5.56 Å². The summed E-state index contributed by atoms with van der Waals surface area (Å²) in [6.07, 6.45) is 3.18. The van der Waals surface area contributed by atoms with Gasteiger partial charge < -0.3 is 14.2 Å². The number of carbonyl (C=O) groups is 1. The summed E-state index contributed by atoms with van der Waals surface area (Å²) in [6, 6.07) is 22.2. The number of ether oxygens (including phenoxy) is 3. The predicted molar refractivity (Wildman–Crippen MR) is 133 cm³/mol. The van der Waals surface area contributed by atoms with Gasteiger partial charge >= 0.3 is 0 Å². The predicted octanol–water partition coefficient (Wildman–Crippen LogP) is 5.59. The third-order valence-corrected chi connectivity index (χ3v) is 5.93. The molecule has 4 aromatic rings. The first-order valence-corrected chi connectivity index (χ1v) is 11.1. The highest BCUT2D eigenvalue weighted by Gasteiger charge is 2.20. The van der Waals surface area contributed by atoms with Crippen molar-refractivity contribution in [2.75, 3.05) is 25.7 Å². The molecule has 0 aliphatic carbocycles. The molecule has 0 bridgehead atoms. The zero-order valence-corrected chi connectivity index (χ0v) is 19.4. The number of carbonyl (C=O) groups excluding carboxylic acids is 1. The highest BCUT2D eigenvalue weighted by Crippen LogP contribution is 2.35. The maximum atomic E-state index is 13.4. The Labute approximate surface area is 201 Å². The summed E-state index contributed by atoms with van der Waals surface area (Å²) in [5.41, 5.74) is 2.21. The number of aromatic nitrogens is 1. The quantitative estimate of drug-likeness (QED) is 0.311. The number of fused-ring (bicyclic) bond motifs is 1. The topological polar surface area (TPSA) is 84.7 Å². The number of amides is 1. The first-order valence-electron chi connectivity index (χ1n) is 10.3. The smallest absolute Gasteiger partial charge is 0.257 e. The number of benzene rings is 3. The maximum Gasteiger partial charge on any atom is 0.257 e. The molecule has 4 rings (SSSR count). The van der Waals surface area contributed by atoms with E-state index in [2.05, 4.69) is 4.98 Å². The number of thiazole rings is 1. The first kappa shape index (κ1) is 22.8. The Morgan fingerprint density at radius 3 is 2.68 bits per heavy atom. The Bertz CT molecular complexity index is 1360. The Morgan fingerprint density at radius 2 is 1.91 bits per heavy atom. The lowest BCUT2D eigenvalue weighted by Crippen LogP contribution is -2.23. The molecule has 0 atom stereocenters. The number of para-hydroxylation sites is 1. The van der Waals surface area contributed by atoms with E-state index < -0.39 is 0 Å². The van der Waals surface area contributed by atoms with E-state index in [-0.39, 0.29) is 12.5 Å². The van der Waals surface area contributed by atoms with E-state index in [4.69, 9.17) is 19.5 Å². The van der Waals surface area contributed by atoms with Crippen LogP contribution in [0.5, 0.6) is 17.2 Å². The van der Waals surface area contributed by atoms with E-state index in [1.165, 1.54) is 24.5 Å². The molecular formula is C26H21N3O4S. The zero-order chi connectivity index (χ0) is 23.9. The minimum absolute atomic E-state index is 0.0816. The van der Waals surface area contributed by atoms with Crippen molar-refractivity contribution in [2.45, 2.75) is 0 Å². The van der Waals surface area contributed by atoms with Crippen LogP contribution in [0.3, 0.4) is 0 Å². The van der Waals surface area contributed by atoms with Gasteiger partial charge in [-0.1, -0.05) is 35.6 Å². The molecule has 0 saturated carbocycles. The van der Waals surface area contributed by atoms with Crippen LogP contribution >= 0.6 is 11.3 Å². The molecule has 1 heterocycles. The monoisotopic (exact) mass is 471 g/mol. The van der Waals surface area contributed by atoms with Gasteiger partial charge in [-0.05, 0) is 48.0 Å². The Kier molecular flexibility index (Phi) is 7.06. The fourth-order valence-electron chi connectivity index (χ4n) is 3.30. The number of rotatable bonds is 8. The SMILES string of the molecule is COc1cccc(N(C(=O)/C=C/c2ccc(OCC#N)c(OC)c2)c2nc3ccccc3s2)c1. The first-order chi connectivity index (χ1) is 16.6. The van der Waals surface area contributed by atoms with Gasteiger partial charge in [0.1, 0.15) is 11.8 Å². The zero-order valence-electron chi connectivity index (χ0n) is 18.6. The van der Waals surface area contributed by atoms with Gasteiger partial charge in [0.2, 0.25) is 0 Å². The molecule has 7 nitrogen and oxygen atoms in total. The van der Waals surface area contributed by atoms with Crippen LogP contribution in [-0.4, -0.2) is 31.7 Å². The van der Waals surface area contributed by atoms with Crippen LogP contribution in [0.2, 0.25) is 0 Å². The molecule has 8 heteroatoms. The van der Waals surface area contributed by atoms with Gasteiger partial charge in [-0.25, -0.2) is 4.98 Å². The van der Waals surface area contributed by atoms with E-state index >= 15 is 0 Å². The normalized spacial score (nSPS) is 10.7. The van der Waals surface area contributed by atoms with Crippen LogP contribution in [0, 0.1) is 11.3 Å². The summed E-state index contributed by atoms with van der Waals surface area (Å²) >= 11 is 1.44. The van der Waals surface area contributed by atoms with Crippen molar-refractivity contribution < 1.29 is 19.0 Å². The highest BCUT2D eigenvalue weighted by atomic mass is 32.1. The van der Waals surface area contributed by atoms with Crippen LogP contribution in [0.4, 0.5) is 10.8 Å². The minimum atomic E-state index is -0.268. The van der Waals surface area contributed by atoms with Crippen LogP contribution in [0.25, 0.3) is 16.3 Å². The van der Waals surface area contributed by atoms with E-state index in [0.717, 1.165) is 15.8 Å². The van der Waals surface area contributed by atoms with E-state index in [9.17, 15) is 4.79 Å². The lowest BCUT2D eigenvalue weighted by atomic mass is 10.2. The second-order valence-electron chi connectivity index (χ2n) is 7.03. The van der Waals surface area contributed by atoms with Gasteiger partial charge in [-0.15, -0.1) is 0 Å². The lowest BCUT2D eigenvalue weighted by Gasteiger charge is -2.19. The van der Waals surface area contributed by atoms with E-state index in [0.29, 0.717) is 28.1 Å². The minimum Gasteiger partial charge on any atom is -0.497 e. The summed E-state index contributed by atoms with van der Waals surface area (Å²) in [5.74, 6) is 1.30. The van der Waals surface area contributed by atoms with Crippen molar-refractivity contribution >= 4 is 44.4 Å². The molecule has 0 aliphatic heterocycles. The lowest BCUT2D eigenvalue weighted by molar-refractivity contribution is -0.113. The Balaban J connectivity index is 1.68. The molecule has 0 fully saturated rings. The van der Waals surface area contributed by atoms with Gasteiger partial charge in [0.05, 0.1) is 30.1 Å². The van der Waals surface area contributed by atoms with E-state index in [1.54, 1.807) is 42.4 Å². The third kappa shape index (κ3) is 5.00. The Morgan fingerprint density at radius 1 is 1.06 bits per heavy atom. The average molecular weight is 472 g/mol. The molecule has 170 valence electrons. The third-order valence-electron chi connectivity index (χ3n) is 4.90. The molecule has 0 radical (unpaired) electrons. The number of hydrogen-bond acceptors (Lipinski definition) is 7. The van der Waals surface area contributed by atoms with Crippen molar-refractivity contribution in [2.24, 2.45) is 0 Å². The second-order valence-corrected chi connectivity index (χ2v) is 8.04. The van der Waals surface area contributed by atoms with Crippen molar-refractivity contribution in [3.8, 4) is 23.3 Å². The van der Waals surface area contributed by atoms with Crippen LogP contribution in [0.15, 0.2) is 72.8 Å². The van der Waals surface area contributed by atoms with Gasteiger partial charge in [-0.2, -0.15) is 5.26 Å². The van der Waals surface area contributed by atoms with Crippen molar-refractivity contribution in [3.05, 3.63) is 78.4 Å². The average Bonchev–Trinajstić information content (AvgIpc) is 3.30. The number of nitriles is 1. The summed E-state index contributed by atoms with van der Waals surface area (Å²) in [4.78, 5) is 19.7. The molecule has 34 heavy (non-hydrogen) atoms. The molecule has 0 N–H and O–H groups in total. The van der Waals surface area contributed by atoms with E-state index in [1.807, 2.05) is 48.5 Å². The molecule has 0 aliphatic rings. The largest absolute Gasteiger partial charge is 0.497 e. The molecule has 1 amide bonds. The van der Waals surface area contributed by atoms with Gasteiger partial charge in [0, 0.05) is 12.1 Å². The second kappa shape index (κ2) is 10.5. The molecular weight excluding hydrogens is 450 g/mol. The van der Waals surface area contributed by atoms with Crippen molar-refractivity contribution in [3.63, 3.8) is 0 Å². The van der Waals surface area contributed by atoms with Gasteiger partial charge in [-0.3, -0.25) is 9.69 Å². The number of hydrogen-bond donors (Lipinski definition) is 0. The summed E-state index contributed by atoms with van der Waals surface area (Å²) in [6.45, 7) is -0.0816. The fourth-order valence-corrected chi connectivity index (χ4v) is 4.29. The Hall–Kier alpha value is -4.35. The summed E-state index contributed by atoms with van der Waals surface area (Å²) in [7, 11) is 3.10. The van der Waals surface area contributed by atoms with Crippen molar-refractivity contribution in [1.29, 1.82) is 5.26 Å². The molecule has 0 saturated heterocycles. The molecule has 1 aromatic heterocycles. The number of methoxy groups -OCH3 is 2. The number of nitrogens with zero attached hydrogens (tertiary/aromatic N) is 3. The van der Waals surface area contributed by atoms with Crippen LogP contribution < -0.4 is 19.1 Å². The molecule has 0 spiro atoms. The van der Waals surface area contributed by atoms with Crippen molar-refractivity contribution in [1.82, 2.24) is 4.98 Å².